The number of aromatic nitrogens is 3. The lowest BCUT2D eigenvalue weighted by Crippen LogP contribution is -2.48. The van der Waals surface area contributed by atoms with Gasteiger partial charge in [-0.3, -0.25) is 14.2 Å². The van der Waals surface area contributed by atoms with E-state index in [1.165, 1.54) is 4.57 Å². The van der Waals surface area contributed by atoms with Crippen LogP contribution in [0.5, 0.6) is 0 Å². The first-order valence-electron chi connectivity index (χ1n) is 8.06. The van der Waals surface area contributed by atoms with Gasteiger partial charge in [0, 0.05) is 38.6 Å². The molecule has 7 heteroatoms. The second-order valence-corrected chi connectivity index (χ2v) is 6.18. The number of amides is 1. The molecule has 0 atom stereocenters. The largest absolute Gasteiger partial charge is 0.339 e. The lowest BCUT2D eigenvalue weighted by molar-refractivity contribution is -0.133. The average Bonchev–Trinajstić information content (AvgIpc) is 3.09. The van der Waals surface area contributed by atoms with Gasteiger partial charge in [0.1, 0.15) is 12.1 Å². The van der Waals surface area contributed by atoms with Crippen LogP contribution in [0.1, 0.15) is 0 Å². The van der Waals surface area contributed by atoms with Crippen molar-refractivity contribution in [2.24, 2.45) is 0 Å². The van der Waals surface area contributed by atoms with Gasteiger partial charge in [-0.1, -0.05) is 0 Å². The summed E-state index contributed by atoms with van der Waals surface area (Å²) in [6.45, 7) is 3.14. The highest BCUT2D eigenvalue weighted by Gasteiger charge is 2.21. The summed E-state index contributed by atoms with van der Waals surface area (Å²) >= 11 is 0. The number of likely N-dealkylation sites (N-methyl/N-ethyl adjacent to an activating group) is 1. The highest BCUT2D eigenvalue weighted by molar-refractivity contribution is 5.80. The predicted molar refractivity (Wildman–Crippen MR) is 91.0 cm³/mol. The Hall–Kier alpha value is -2.67. The molecule has 0 unspecified atom stereocenters. The zero-order chi connectivity index (χ0) is 16.7. The summed E-state index contributed by atoms with van der Waals surface area (Å²) in [7, 11) is 2.05. The van der Waals surface area contributed by atoms with Gasteiger partial charge >= 0.3 is 0 Å². The predicted octanol–water partition coefficient (Wildman–Crippen LogP) is 0.423. The Labute approximate surface area is 138 Å². The van der Waals surface area contributed by atoms with Crippen LogP contribution in [0.4, 0.5) is 0 Å². The molecule has 7 nitrogen and oxygen atoms in total. The average molecular weight is 325 g/mol. The van der Waals surface area contributed by atoms with Crippen molar-refractivity contribution in [3.05, 3.63) is 47.0 Å². The number of rotatable bonds is 2. The van der Waals surface area contributed by atoms with Gasteiger partial charge in [-0.15, -0.1) is 0 Å². The molecule has 0 radical (unpaired) electrons. The summed E-state index contributed by atoms with van der Waals surface area (Å²) in [5.41, 5.74) is 1.73. The SMILES string of the molecule is CN1CCN(C(=O)Cn2c(=O)c3cccn3c3cccnc32)CC1. The minimum atomic E-state index is -0.186. The van der Waals surface area contributed by atoms with Crippen LogP contribution >= 0.6 is 0 Å². The molecule has 1 aliphatic rings. The van der Waals surface area contributed by atoms with Gasteiger partial charge in [0.05, 0.1) is 5.52 Å². The molecule has 1 saturated heterocycles. The van der Waals surface area contributed by atoms with Crippen LogP contribution in [-0.4, -0.2) is 62.9 Å². The fourth-order valence-corrected chi connectivity index (χ4v) is 3.22. The van der Waals surface area contributed by atoms with Crippen LogP contribution in [0.3, 0.4) is 0 Å². The lowest BCUT2D eigenvalue weighted by atomic mass is 10.3. The van der Waals surface area contributed by atoms with Crippen molar-refractivity contribution >= 4 is 22.6 Å². The topological polar surface area (TPSA) is 62.8 Å². The molecule has 0 spiro atoms. The van der Waals surface area contributed by atoms with Gasteiger partial charge in [0.25, 0.3) is 5.56 Å². The van der Waals surface area contributed by atoms with Crippen molar-refractivity contribution in [3.63, 3.8) is 0 Å². The van der Waals surface area contributed by atoms with E-state index in [2.05, 4.69) is 9.88 Å². The minimum absolute atomic E-state index is 0.0255. The standard InChI is InChI=1S/C17H19N5O2/c1-19-8-10-20(11-9-19)15(23)12-22-16-13(4-2-6-18-16)21-7-3-5-14(21)17(22)24/h2-7H,8-12H2,1H3. The van der Waals surface area contributed by atoms with E-state index in [-0.39, 0.29) is 18.0 Å². The second-order valence-electron chi connectivity index (χ2n) is 6.18. The Kier molecular flexibility index (Phi) is 3.57. The van der Waals surface area contributed by atoms with E-state index in [9.17, 15) is 9.59 Å². The van der Waals surface area contributed by atoms with Crippen LogP contribution in [0.2, 0.25) is 0 Å². The molecule has 0 saturated carbocycles. The molecule has 3 aromatic rings. The van der Waals surface area contributed by atoms with Gasteiger partial charge in [-0.2, -0.15) is 0 Å². The van der Waals surface area contributed by atoms with E-state index in [0.29, 0.717) is 24.3 Å². The van der Waals surface area contributed by atoms with Gasteiger partial charge in [0.15, 0.2) is 5.65 Å². The van der Waals surface area contributed by atoms with Gasteiger partial charge in [-0.05, 0) is 31.3 Å². The zero-order valence-electron chi connectivity index (χ0n) is 13.6. The Bertz CT molecular complexity index is 966. The summed E-state index contributed by atoms with van der Waals surface area (Å²) in [4.78, 5) is 33.8. The fourth-order valence-electron chi connectivity index (χ4n) is 3.22. The van der Waals surface area contributed by atoms with Gasteiger partial charge < -0.3 is 14.2 Å². The molecule has 4 rings (SSSR count). The van der Waals surface area contributed by atoms with Crippen molar-refractivity contribution in [1.29, 1.82) is 0 Å². The first-order chi connectivity index (χ1) is 11.6. The van der Waals surface area contributed by atoms with Gasteiger partial charge in [0.2, 0.25) is 5.91 Å². The smallest absolute Gasteiger partial charge is 0.276 e. The van der Waals surface area contributed by atoms with Crippen LogP contribution < -0.4 is 5.56 Å². The fraction of sp³-hybridized carbons (Fsp3) is 0.353. The lowest BCUT2D eigenvalue weighted by Gasteiger charge is -2.32. The van der Waals surface area contributed by atoms with Gasteiger partial charge in [-0.25, -0.2) is 4.98 Å². The molecule has 0 aromatic carbocycles. The zero-order valence-corrected chi connectivity index (χ0v) is 13.6. The molecule has 0 aliphatic carbocycles. The molecule has 3 aromatic heterocycles. The first kappa shape index (κ1) is 14.9. The number of nitrogens with zero attached hydrogens (tertiary/aromatic N) is 5. The third-order valence-electron chi connectivity index (χ3n) is 4.64. The number of hydrogen-bond donors (Lipinski definition) is 0. The van der Waals surface area contributed by atoms with Crippen molar-refractivity contribution in [2.45, 2.75) is 6.54 Å². The first-order valence-corrected chi connectivity index (χ1v) is 8.06. The molecular formula is C17H19N5O2. The van der Waals surface area contributed by atoms with E-state index in [1.807, 2.05) is 40.7 Å². The third kappa shape index (κ3) is 2.37. The van der Waals surface area contributed by atoms with Crippen LogP contribution in [0, 0.1) is 0 Å². The summed E-state index contributed by atoms with van der Waals surface area (Å²) in [5, 5.41) is 0. The molecule has 1 fully saturated rings. The van der Waals surface area contributed by atoms with Crippen LogP contribution in [-0.2, 0) is 11.3 Å². The summed E-state index contributed by atoms with van der Waals surface area (Å²) in [5.74, 6) is -0.0342. The quantitative estimate of drug-likeness (QED) is 0.685. The highest BCUT2D eigenvalue weighted by Crippen LogP contribution is 2.13. The number of fused-ring (bicyclic) bond motifs is 3. The Morgan fingerprint density at radius 3 is 2.67 bits per heavy atom. The third-order valence-corrected chi connectivity index (χ3v) is 4.64. The Morgan fingerprint density at radius 1 is 1.12 bits per heavy atom. The molecule has 24 heavy (non-hydrogen) atoms. The van der Waals surface area contributed by atoms with Crippen LogP contribution in [0.25, 0.3) is 16.7 Å². The molecule has 0 N–H and O–H groups in total. The maximum atomic E-state index is 12.8. The Morgan fingerprint density at radius 2 is 1.88 bits per heavy atom. The van der Waals surface area contributed by atoms with E-state index < -0.39 is 0 Å². The molecule has 4 heterocycles. The molecule has 0 bridgehead atoms. The minimum Gasteiger partial charge on any atom is -0.339 e. The summed E-state index contributed by atoms with van der Waals surface area (Å²) < 4.78 is 3.31. The van der Waals surface area contributed by atoms with E-state index in [4.69, 9.17) is 0 Å². The monoisotopic (exact) mass is 325 g/mol. The highest BCUT2D eigenvalue weighted by atomic mass is 16.2. The normalized spacial score (nSPS) is 16.1. The van der Waals surface area contributed by atoms with E-state index in [1.54, 1.807) is 12.3 Å². The molecular weight excluding hydrogens is 306 g/mol. The van der Waals surface area contributed by atoms with Crippen molar-refractivity contribution in [3.8, 4) is 0 Å². The number of piperazine rings is 1. The number of carbonyl (C=O) groups excluding carboxylic acids is 1. The molecule has 1 amide bonds. The van der Waals surface area contributed by atoms with Crippen molar-refractivity contribution in [2.75, 3.05) is 33.2 Å². The Balaban J connectivity index is 1.76. The molecule has 124 valence electrons. The summed E-state index contributed by atoms with van der Waals surface area (Å²) in [6, 6.07) is 7.34. The second kappa shape index (κ2) is 5.76. The maximum Gasteiger partial charge on any atom is 0.276 e. The number of carbonyl (C=O) groups is 1. The maximum absolute atomic E-state index is 12.8. The van der Waals surface area contributed by atoms with E-state index in [0.717, 1.165) is 18.6 Å². The molecule has 1 aliphatic heterocycles. The number of pyridine rings is 1. The van der Waals surface area contributed by atoms with Crippen molar-refractivity contribution < 1.29 is 4.79 Å². The van der Waals surface area contributed by atoms with Crippen molar-refractivity contribution in [1.82, 2.24) is 23.8 Å². The summed E-state index contributed by atoms with van der Waals surface area (Å²) in [6.07, 6.45) is 3.49. The van der Waals surface area contributed by atoms with Crippen LogP contribution in [0.15, 0.2) is 41.5 Å². The van der Waals surface area contributed by atoms with E-state index >= 15 is 0 Å². The number of hydrogen-bond acceptors (Lipinski definition) is 4.